The molecule has 1 atom stereocenters. The van der Waals surface area contributed by atoms with Crippen LogP contribution in [0.2, 0.25) is 5.02 Å². The van der Waals surface area contributed by atoms with Crippen LogP contribution >= 0.6 is 11.6 Å². The Labute approximate surface area is 179 Å². The second kappa shape index (κ2) is 7.34. The fraction of sp³-hybridized carbons (Fsp3) is 0.368. The van der Waals surface area contributed by atoms with Gasteiger partial charge >= 0.3 is 6.18 Å². The number of fused-ring (bicyclic) bond motifs is 5. The first-order valence-electron chi connectivity index (χ1n) is 9.44. The fourth-order valence-corrected chi connectivity index (χ4v) is 3.80. The number of imidazole rings is 1. The van der Waals surface area contributed by atoms with Gasteiger partial charge in [-0.1, -0.05) is 11.6 Å². The van der Waals surface area contributed by atoms with Crippen molar-refractivity contribution < 1.29 is 22.6 Å². The molecule has 0 bridgehead atoms. The van der Waals surface area contributed by atoms with Crippen LogP contribution in [-0.2, 0) is 22.6 Å². The molecule has 0 saturated carbocycles. The molecule has 0 fully saturated rings. The molecule has 162 valence electrons. The minimum Gasteiger partial charge on any atom is -0.474 e. The normalized spacial score (nSPS) is 17.5. The van der Waals surface area contributed by atoms with Crippen molar-refractivity contribution in [3.05, 3.63) is 46.8 Å². The van der Waals surface area contributed by atoms with Gasteiger partial charge in [-0.3, -0.25) is 4.57 Å². The van der Waals surface area contributed by atoms with E-state index in [0.717, 1.165) is 11.4 Å². The molecule has 5 rings (SSSR count). The summed E-state index contributed by atoms with van der Waals surface area (Å²) in [5.74, 6) is 1.16. The number of benzene rings is 1. The molecule has 2 aliphatic rings. The van der Waals surface area contributed by atoms with Crippen LogP contribution in [-0.4, -0.2) is 55.6 Å². The van der Waals surface area contributed by atoms with Gasteiger partial charge in [-0.15, -0.1) is 10.2 Å². The van der Waals surface area contributed by atoms with E-state index < -0.39 is 12.8 Å². The second-order valence-corrected chi connectivity index (χ2v) is 7.74. The zero-order chi connectivity index (χ0) is 21.8. The number of halogens is 4. The maximum absolute atomic E-state index is 12.5. The number of hydrogen-bond acceptors (Lipinski definition) is 6. The minimum atomic E-state index is -4.43. The van der Waals surface area contributed by atoms with E-state index in [2.05, 4.69) is 20.2 Å². The van der Waals surface area contributed by atoms with Crippen molar-refractivity contribution in [3.8, 4) is 17.1 Å². The van der Waals surface area contributed by atoms with Crippen molar-refractivity contribution in [2.45, 2.75) is 32.3 Å². The number of alkyl halides is 3. The first kappa shape index (κ1) is 20.0. The van der Waals surface area contributed by atoms with Crippen molar-refractivity contribution in [3.63, 3.8) is 0 Å². The summed E-state index contributed by atoms with van der Waals surface area (Å²) in [6, 6.07) is 5.32. The monoisotopic (exact) mass is 452 g/mol. The van der Waals surface area contributed by atoms with E-state index in [4.69, 9.17) is 21.1 Å². The number of nitrogens with zero attached hydrogens (tertiary/aromatic N) is 6. The molecule has 3 aromatic rings. The molecule has 2 aromatic heterocycles. The lowest BCUT2D eigenvalue weighted by Crippen LogP contribution is -2.18. The van der Waals surface area contributed by atoms with Gasteiger partial charge < -0.3 is 14.0 Å². The molecule has 4 heterocycles. The largest absolute Gasteiger partial charge is 0.474 e. The SMILES string of the molecule is CC1COC(c2ncn3c2Cn2c(COCC(F)(F)F)nnc2-c2cc(Cl)ccc2-3)=N1. The molecule has 31 heavy (non-hydrogen) atoms. The van der Waals surface area contributed by atoms with Gasteiger partial charge in [-0.05, 0) is 25.1 Å². The Balaban J connectivity index is 1.61. The average molecular weight is 453 g/mol. The molecule has 0 N–H and O–H groups in total. The van der Waals surface area contributed by atoms with Crippen molar-refractivity contribution in [1.82, 2.24) is 24.3 Å². The molecular formula is C19H16ClF3N6O2. The predicted molar refractivity (Wildman–Crippen MR) is 104 cm³/mol. The molecule has 0 amide bonds. The van der Waals surface area contributed by atoms with Crippen molar-refractivity contribution in [2.75, 3.05) is 13.2 Å². The highest BCUT2D eigenvalue weighted by Gasteiger charge is 2.31. The molecular weight excluding hydrogens is 437 g/mol. The van der Waals surface area contributed by atoms with Crippen molar-refractivity contribution >= 4 is 17.5 Å². The molecule has 0 radical (unpaired) electrons. The van der Waals surface area contributed by atoms with Crippen LogP contribution in [0.15, 0.2) is 29.5 Å². The van der Waals surface area contributed by atoms with E-state index in [1.165, 1.54) is 0 Å². The zero-order valence-corrected chi connectivity index (χ0v) is 17.0. The van der Waals surface area contributed by atoms with Gasteiger partial charge in [-0.25, -0.2) is 9.98 Å². The summed E-state index contributed by atoms with van der Waals surface area (Å²) in [6.45, 7) is 0.921. The quantitative estimate of drug-likeness (QED) is 0.474. The second-order valence-electron chi connectivity index (χ2n) is 7.30. The minimum absolute atomic E-state index is 0.0148. The summed E-state index contributed by atoms with van der Waals surface area (Å²) >= 11 is 6.22. The Morgan fingerprint density at radius 2 is 2.13 bits per heavy atom. The van der Waals surface area contributed by atoms with Gasteiger partial charge in [0.15, 0.2) is 11.6 Å². The van der Waals surface area contributed by atoms with Gasteiger partial charge in [0.05, 0.1) is 24.0 Å². The van der Waals surface area contributed by atoms with Crippen LogP contribution in [0.5, 0.6) is 0 Å². The Morgan fingerprint density at radius 1 is 1.29 bits per heavy atom. The Kier molecular flexibility index (Phi) is 4.74. The Morgan fingerprint density at radius 3 is 2.87 bits per heavy atom. The number of hydrogen-bond donors (Lipinski definition) is 0. The summed E-state index contributed by atoms with van der Waals surface area (Å²) in [5, 5.41) is 8.77. The summed E-state index contributed by atoms with van der Waals surface area (Å²) in [6.07, 6.45) is -2.77. The van der Waals surface area contributed by atoms with E-state index in [-0.39, 0.29) is 25.0 Å². The standard InChI is InChI=1S/C19H16ClF3N6O2/c1-10-6-31-18(25-10)16-14-5-28-15(7-30-8-19(21,22)23)26-27-17(28)12-4-11(20)2-3-13(12)29(14)9-24-16/h2-4,9-10H,5-8H2,1H3. The lowest BCUT2D eigenvalue weighted by atomic mass is 10.1. The van der Waals surface area contributed by atoms with Crippen molar-refractivity contribution in [1.29, 1.82) is 0 Å². The van der Waals surface area contributed by atoms with E-state index in [1.54, 1.807) is 23.0 Å². The first-order chi connectivity index (χ1) is 14.8. The van der Waals surface area contributed by atoms with Crippen LogP contribution in [0.4, 0.5) is 13.2 Å². The third kappa shape index (κ3) is 3.68. The third-order valence-electron chi connectivity index (χ3n) is 4.96. The maximum Gasteiger partial charge on any atom is 0.411 e. The summed E-state index contributed by atoms with van der Waals surface area (Å²) < 4.78 is 51.7. The Bertz CT molecular complexity index is 1190. The summed E-state index contributed by atoms with van der Waals surface area (Å²) in [4.78, 5) is 8.99. The molecule has 8 nitrogen and oxygen atoms in total. The first-order valence-corrected chi connectivity index (χ1v) is 9.82. The van der Waals surface area contributed by atoms with Gasteiger partial charge in [0.25, 0.3) is 0 Å². The lowest BCUT2D eigenvalue weighted by Gasteiger charge is -2.11. The van der Waals surface area contributed by atoms with E-state index in [1.807, 2.05) is 17.6 Å². The predicted octanol–water partition coefficient (Wildman–Crippen LogP) is 3.39. The average Bonchev–Trinajstić information content (AvgIpc) is 3.39. The number of rotatable bonds is 4. The summed E-state index contributed by atoms with van der Waals surface area (Å²) in [7, 11) is 0. The van der Waals surface area contributed by atoms with E-state index in [0.29, 0.717) is 34.6 Å². The molecule has 12 heteroatoms. The molecule has 1 aromatic carbocycles. The zero-order valence-electron chi connectivity index (χ0n) is 16.2. The lowest BCUT2D eigenvalue weighted by molar-refractivity contribution is -0.177. The number of ether oxygens (including phenoxy) is 2. The van der Waals surface area contributed by atoms with Crippen LogP contribution < -0.4 is 0 Å². The van der Waals surface area contributed by atoms with Crippen LogP contribution in [0.1, 0.15) is 24.1 Å². The van der Waals surface area contributed by atoms with Gasteiger partial charge in [0.2, 0.25) is 5.90 Å². The third-order valence-corrected chi connectivity index (χ3v) is 5.19. The molecule has 0 aliphatic carbocycles. The fourth-order valence-electron chi connectivity index (χ4n) is 3.63. The molecule has 0 spiro atoms. The van der Waals surface area contributed by atoms with Gasteiger partial charge in [0.1, 0.15) is 31.8 Å². The van der Waals surface area contributed by atoms with E-state index in [9.17, 15) is 13.2 Å². The van der Waals surface area contributed by atoms with Crippen LogP contribution in [0.3, 0.4) is 0 Å². The van der Waals surface area contributed by atoms with Gasteiger partial charge in [-0.2, -0.15) is 13.2 Å². The molecule has 1 unspecified atom stereocenters. The van der Waals surface area contributed by atoms with Crippen LogP contribution in [0.25, 0.3) is 17.1 Å². The van der Waals surface area contributed by atoms with Crippen molar-refractivity contribution in [2.24, 2.45) is 4.99 Å². The molecule has 0 saturated heterocycles. The smallest absolute Gasteiger partial charge is 0.411 e. The highest BCUT2D eigenvalue weighted by molar-refractivity contribution is 6.31. The maximum atomic E-state index is 12.5. The number of aliphatic imine (C=N–C) groups is 1. The topological polar surface area (TPSA) is 79.4 Å². The van der Waals surface area contributed by atoms with Crippen LogP contribution in [0, 0.1) is 0 Å². The summed E-state index contributed by atoms with van der Waals surface area (Å²) in [5.41, 5.74) is 2.74. The molecule has 2 aliphatic heterocycles. The number of aromatic nitrogens is 5. The highest BCUT2D eigenvalue weighted by atomic mass is 35.5. The Hall–Kier alpha value is -2.92. The highest BCUT2D eigenvalue weighted by Crippen LogP contribution is 2.34. The van der Waals surface area contributed by atoms with Gasteiger partial charge in [0, 0.05) is 10.6 Å². The van der Waals surface area contributed by atoms with E-state index >= 15 is 0 Å².